The van der Waals surface area contributed by atoms with Crippen LogP contribution in [0.3, 0.4) is 0 Å². The second-order valence-electron chi connectivity index (χ2n) is 8.58. The molecule has 0 radical (unpaired) electrons. The summed E-state index contributed by atoms with van der Waals surface area (Å²) in [5.74, 6) is 0.141. The molecule has 0 N–H and O–H groups in total. The number of nitro benzene ring substituents is 1. The summed E-state index contributed by atoms with van der Waals surface area (Å²) in [5, 5.41) is 11.1. The lowest BCUT2D eigenvalue weighted by molar-refractivity contribution is -0.385. The first-order chi connectivity index (χ1) is 15.4. The number of hydrogen-bond acceptors (Lipinski definition) is 5. The zero-order valence-electron chi connectivity index (χ0n) is 18.2. The van der Waals surface area contributed by atoms with Gasteiger partial charge in [-0.3, -0.25) is 19.9 Å². The van der Waals surface area contributed by atoms with Crippen LogP contribution < -0.4 is 5.56 Å². The van der Waals surface area contributed by atoms with Gasteiger partial charge in [-0.05, 0) is 63.2 Å². The Kier molecular flexibility index (Phi) is 6.60. The van der Waals surface area contributed by atoms with E-state index < -0.39 is 5.82 Å². The molecule has 7 nitrogen and oxygen atoms in total. The lowest BCUT2D eigenvalue weighted by Crippen LogP contribution is -2.37. The first kappa shape index (κ1) is 22.1. The third-order valence-corrected chi connectivity index (χ3v) is 6.46. The number of aromatic nitrogens is 2. The molecule has 0 bridgehead atoms. The Labute approximate surface area is 185 Å². The summed E-state index contributed by atoms with van der Waals surface area (Å²) in [6.45, 7) is 4.89. The first-order valence-electron chi connectivity index (χ1n) is 11.0. The number of halogens is 1. The van der Waals surface area contributed by atoms with Crippen LogP contribution in [0.25, 0.3) is 11.0 Å². The number of piperidine rings is 1. The van der Waals surface area contributed by atoms with Crippen LogP contribution in [0.4, 0.5) is 10.1 Å². The summed E-state index contributed by atoms with van der Waals surface area (Å²) < 4.78 is 15.2. The standard InChI is InChI=1S/C24H27FN4O3/c1-17-2-3-19(14-22(17)29(31)32)5-4-18-8-10-27(11-9-18)12-13-28-23-15-20(25)16-26-21(23)6-7-24(28)30/h2-3,6-7,14-16,18H,4-5,8-13H2,1H3. The van der Waals surface area contributed by atoms with Crippen molar-refractivity contribution in [1.29, 1.82) is 0 Å². The van der Waals surface area contributed by atoms with Crippen molar-refractivity contribution in [3.8, 4) is 0 Å². The molecule has 1 aromatic carbocycles. The van der Waals surface area contributed by atoms with E-state index in [2.05, 4.69) is 9.88 Å². The number of nitrogens with zero attached hydrogens (tertiary/aromatic N) is 4. The van der Waals surface area contributed by atoms with E-state index in [9.17, 15) is 19.3 Å². The maximum Gasteiger partial charge on any atom is 0.272 e. The van der Waals surface area contributed by atoms with E-state index in [1.54, 1.807) is 23.6 Å². The minimum atomic E-state index is -0.448. The highest BCUT2D eigenvalue weighted by Gasteiger charge is 2.20. The van der Waals surface area contributed by atoms with Crippen LogP contribution in [0.15, 0.2) is 47.4 Å². The third kappa shape index (κ3) is 5.02. The SMILES string of the molecule is Cc1ccc(CCC2CCN(CCn3c(=O)ccc4ncc(F)cc43)CC2)cc1[N+](=O)[O-]. The predicted molar refractivity (Wildman–Crippen MR) is 121 cm³/mol. The molecular weight excluding hydrogens is 411 g/mol. The minimum absolute atomic E-state index is 0.146. The van der Waals surface area contributed by atoms with Crippen LogP contribution >= 0.6 is 0 Å². The minimum Gasteiger partial charge on any atom is -0.305 e. The summed E-state index contributed by atoms with van der Waals surface area (Å²) in [4.78, 5) is 29.6. The number of benzene rings is 1. The predicted octanol–water partition coefficient (Wildman–Crippen LogP) is 4.10. The molecular formula is C24H27FN4O3. The summed E-state index contributed by atoms with van der Waals surface area (Å²) in [6.07, 6.45) is 5.15. The number of likely N-dealkylation sites (tertiary alicyclic amines) is 1. The normalized spacial score (nSPS) is 15.3. The largest absolute Gasteiger partial charge is 0.305 e. The third-order valence-electron chi connectivity index (χ3n) is 6.46. The average Bonchev–Trinajstić information content (AvgIpc) is 2.78. The smallest absolute Gasteiger partial charge is 0.272 e. The molecule has 1 fully saturated rings. The number of aryl methyl sites for hydroxylation is 2. The highest BCUT2D eigenvalue weighted by molar-refractivity contribution is 5.74. The monoisotopic (exact) mass is 438 g/mol. The molecule has 0 amide bonds. The molecule has 1 saturated heterocycles. The maximum absolute atomic E-state index is 13.6. The topological polar surface area (TPSA) is 81.3 Å². The van der Waals surface area contributed by atoms with Crippen molar-refractivity contribution in [1.82, 2.24) is 14.5 Å². The summed E-state index contributed by atoms with van der Waals surface area (Å²) in [7, 11) is 0. The molecule has 168 valence electrons. The molecule has 8 heteroatoms. The molecule has 0 unspecified atom stereocenters. The summed E-state index contributed by atoms with van der Waals surface area (Å²) >= 11 is 0. The van der Waals surface area contributed by atoms with Crippen molar-refractivity contribution in [3.63, 3.8) is 0 Å². The highest BCUT2D eigenvalue weighted by atomic mass is 19.1. The van der Waals surface area contributed by atoms with E-state index >= 15 is 0 Å². The number of nitro groups is 1. The molecule has 4 rings (SSSR count). The van der Waals surface area contributed by atoms with Crippen molar-refractivity contribution < 1.29 is 9.31 Å². The molecule has 0 atom stereocenters. The molecule has 1 aliphatic heterocycles. The van der Waals surface area contributed by atoms with Gasteiger partial charge in [0, 0.05) is 36.9 Å². The second-order valence-corrected chi connectivity index (χ2v) is 8.58. The lowest BCUT2D eigenvalue weighted by atomic mass is 9.90. The van der Waals surface area contributed by atoms with Crippen LogP contribution in [0, 0.1) is 28.8 Å². The van der Waals surface area contributed by atoms with Crippen LogP contribution in [0.1, 0.15) is 30.4 Å². The molecule has 3 aromatic rings. The van der Waals surface area contributed by atoms with Gasteiger partial charge in [0.15, 0.2) is 0 Å². The Morgan fingerprint density at radius 2 is 1.94 bits per heavy atom. The zero-order valence-corrected chi connectivity index (χ0v) is 18.2. The fourth-order valence-electron chi connectivity index (χ4n) is 4.49. The van der Waals surface area contributed by atoms with Crippen molar-refractivity contribution in [2.45, 2.75) is 39.2 Å². The van der Waals surface area contributed by atoms with Gasteiger partial charge in [0.05, 0.1) is 22.2 Å². The van der Waals surface area contributed by atoms with Crippen LogP contribution in [0.2, 0.25) is 0 Å². The Morgan fingerprint density at radius 3 is 2.69 bits per heavy atom. The molecule has 0 spiro atoms. The number of rotatable bonds is 7. The van der Waals surface area contributed by atoms with Crippen LogP contribution in [-0.2, 0) is 13.0 Å². The van der Waals surface area contributed by atoms with Gasteiger partial charge < -0.3 is 9.47 Å². The first-order valence-corrected chi connectivity index (χ1v) is 11.0. The van der Waals surface area contributed by atoms with Gasteiger partial charge in [-0.2, -0.15) is 0 Å². The van der Waals surface area contributed by atoms with Gasteiger partial charge in [-0.1, -0.05) is 12.1 Å². The van der Waals surface area contributed by atoms with E-state index in [1.165, 1.54) is 12.1 Å². The number of pyridine rings is 2. The number of hydrogen-bond donors (Lipinski definition) is 0. The Balaban J connectivity index is 1.30. The van der Waals surface area contributed by atoms with Crippen molar-refractivity contribution >= 4 is 16.7 Å². The summed E-state index contributed by atoms with van der Waals surface area (Å²) in [5.41, 5.74) is 2.89. The van der Waals surface area contributed by atoms with Crippen molar-refractivity contribution in [3.05, 3.63) is 80.0 Å². The zero-order chi connectivity index (χ0) is 22.7. The van der Waals surface area contributed by atoms with Crippen molar-refractivity contribution in [2.24, 2.45) is 5.92 Å². The van der Waals surface area contributed by atoms with Crippen LogP contribution in [0.5, 0.6) is 0 Å². The maximum atomic E-state index is 13.6. The van der Waals surface area contributed by atoms with Crippen LogP contribution in [-0.4, -0.2) is 39.0 Å². The quantitative estimate of drug-likeness (QED) is 0.410. The van der Waals surface area contributed by atoms with Gasteiger partial charge in [0.2, 0.25) is 0 Å². The fourth-order valence-corrected chi connectivity index (χ4v) is 4.49. The van der Waals surface area contributed by atoms with E-state index in [-0.39, 0.29) is 16.2 Å². The Bertz CT molecular complexity index is 1190. The van der Waals surface area contributed by atoms with Gasteiger partial charge in [-0.15, -0.1) is 0 Å². The molecule has 32 heavy (non-hydrogen) atoms. The molecule has 2 aromatic heterocycles. The highest BCUT2D eigenvalue weighted by Crippen LogP contribution is 2.25. The van der Waals surface area contributed by atoms with Gasteiger partial charge in [0.1, 0.15) is 5.82 Å². The second kappa shape index (κ2) is 9.56. The van der Waals surface area contributed by atoms with Gasteiger partial charge in [0.25, 0.3) is 11.2 Å². The van der Waals surface area contributed by atoms with Gasteiger partial charge >= 0.3 is 0 Å². The van der Waals surface area contributed by atoms with E-state index in [0.717, 1.165) is 57.1 Å². The van der Waals surface area contributed by atoms with Crippen molar-refractivity contribution in [2.75, 3.05) is 19.6 Å². The average molecular weight is 439 g/mol. The Morgan fingerprint density at radius 1 is 1.16 bits per heavy atom. The molecule has 3 heterocycles. The molecule has 0 saturated carbocycles. The van der Waals surface area contributed by atoms with E-state index in [1.807, 2.05) is 12.1 Å². The van der Waals surface area contributed by atoms with E-state index in [4.69, 9.17) is 0 Å². The summed E-state index contributed by atoms with van der Waals surface area (Å²) in [6, 6.07) is 9.98. The molecule has 0 aliphatic carbocycles. The van der Waals surface area contributed by atoms with Gasteiger partial charge in [-0.25, -0.2) is 4.39 Å². The number of fused-ring (bicyclic) bond motifs is 1. The van der Waals surface area contributed by atoms with E-state index in [0.29, 0.717) is 29.1 Å². The lowest BCUT2D eigenvalue weighted by Gasteiger charge is -2.32. The fraction of sp³-hybridized carbons (Fsp3) is 0.417. The Hall–Kier alpha value is -3.13. The molecule has 1 aliphatic rings.